The number of rotatable bonds is 8. The van der Waals surface area contributed by atoms with Gasteiger partial charge in [0.15, 0.2) is 5.75 Å². The minimum atomic E-state index is -4.73. The quantitative estimate of drug-likeness (QED) is 0.433. The molecule has 30 heavy (non-hydrogen) atoms. The van der Waals surface area contributed by atoms with Crippen molar-refractivity contribution in [3.8, 4) is 17.2 Å². The highest BCUT2D eigenvalue weighted by Gasteiger charge is 2.15. The summed E-state index contributed by atoms with van der Waals surface area (Å²) in [4.78, 5) is 0. The van der Waals surface area contributed by atoms with Gasteiger partial charge in [-0.15, -0.1) is 0 Å². The van der Waals surface area contributed by atoms with Gasteiger partial charge >= 0.3 is 20.8 Å². The first-order valence-corrected chi connectivity index (χ1v) is 11.0. The van der Waals surface area contributed by atoms with Crippen LogP contribution in [0, 0.1) is 0 Å². The molecule has 0 aliphatic carbocycles. The second kappa shape index (κ2) is 8.36. The second-order valence-corrected chi connectivity index (χ2v) is 8.05. The number of hydrogen-bond donors (Lipinski definition) is 3. The Balaban J connectivity index is 1.95. The molecule has 0 aliphatic heterocycles. The molecule has 160 valence electrons. The Hall–Kier alpha value is -3.06. The van der Waals surface area contributed by atoms with E-state index in [2.05, 4.69) is 13.7 Å². The fourth-order valence-electron chi connectivity index (χ4n) is 2.83. The van der Waals surface area contributed by atoms with Crippen molar-refractivity contribution in [3.05, 3.63) is 60.2 Å². The molecule has 3 aromatic rings. The van der Waals surface area contributed by atoms with E-state index in [-0.39, 0.29) is 18.0 Å². The van der Waals surface area contributed by atoms with Crippen LogP contribution < -0.4 is 18.4 Å². The third-order valence-corrected chi connectivity index (χ3v) is 4.79. The smallest absolute Gasteiger partial charge is 0.446 e. The zero-order valence-electron chi connectivity index (χ0n) is 15.5. The van der Waals surface area contributed by atoms with Gasteiger partial charge in [-0.2, -0.15) is 16.8 Å². The van der Waals surface area contributed by atoms with Crippen molar-refractivity contribution in [2.75, 3.05) is 12.4 Å². The first-order valence-electron chi connectivity index (χ1n) is 8.32. The summed E-state index contributed by atoms with van der Waals surface area (Å²) < 4.78 is 76.6. The second-order valence-electron chi connectivity index (χ2n) is 6.01. The van der Waals surface area contributed by atoms with Crippen LogP contribution in [-0.2, 0) is 27.3 Å². The molecule has 0 saturated carbocycles. The maximum absolute atomic E-state index is 11.1. The number of ether oxygens (including phenoxy) is 1. The molecule has 12 heteroatoms. The monoisotopic (exact) mass is 455 g/mol. The summed E-state index contributed by atoms with van der Waals surface area (Å²) in [7, 11) is -7.98. The highest BCUT2D eigenvalue weighted by Crippen LogP contribution is 2.32. The molecular weight excluding hydrogens is 438 g/mol. The van der Waals surface area contributed by atoms with Gasteiger partial charge in [-0.05, 0) is 30.3 Å². The third kappa shape index (κ3) is 5.51. The van der Waals surface area contributed by atoms with E-state index in [0.717, 1.165) is 0 Å². The molecule has 0 unspecified atom stereocenters. The van der Waals surface area contributed by atoms with Crippen LogP contribution in [0.1, 0.15) is 5.56 Å². The molecule has 0 saturated heterocycles. The van der Waals surface area contributed by atoms with Crippen LogP contribution in [0.3, 0.4) is 0 Å². The van der Waals surface area contributed by atoms with Crippen LogP contribution in [0.5, 0.6) is 17.2 Å². The van der Waals surface area contributed by atoms with Crippen molar-refractivity contribution < 1.29 is 39.0 Å². The third-order valence-electron chi connectivity index (χ3n) is 4.01. The Morgan fingerprint density at radius 3 is 2.13 bits per heavy atom. The SMILES string of the molecule is COc1ccc(OS(=O)(=O)O)c(CNc2cccc3c(OS(=O)(=O)O)cccc23)c1. The predicted octanol–water partition coefficient (Wildman–Crippen LogP) is 2.82. The molecule has 3 rings (SSSR count). The normalized spacial score (nSPS) is 11.8. The number of anilines is 1. The van der Waals surface area contributed by atoms with Crippen molar-refractivity contribution in [3.63, 3.8) is 0 Å². The van der Waals surface area contributed by atoms with Crippen LogP contribution >= 0.6 is 0 Å². The van der Waals surface area contributed by atoms with E-state index >= 15 is 0 Å². The van der Waals surface area contributed by atoms with Gasteiger partial charge in [0.05, 0.1) is 7.11 Å². The lowest BCUT2D eigenvalue weighted by molar-refractivity contribution is 0.382. The van der Waals surface area contributed by atoms with Gasteiger partial charge in [-0.1, -0.05) is 24.3 Å². The van der Waals surface area contributed by atoms with Crippen LogP contribution in [0.15, 0.2) is 54.6 Å². The minimum absolute atomic E-state index is 0.0598. The summed E-state index contributed by atoms with van der Waals surface area (Å²) in [6, 6.07) is 13.9. The van der Waals surface area contributed by atoms with Gasteiger partial charge in [-0.25, -0.2) is 0 Å². The molecule has 0 bridgehead atoms. The lowest BCUT2D eigenvalue weighted by atomic mass is 10.1. The summed E-state index contributed by atoms with van der Waals surface area (Å²) in [5, 5.41) is 4.09. The first-order chi connectivity index (χ1) is 14.1. The van der Waals surface area contributed by atoms with E-state index in [1.807, 2.05) is 0 Å². The van der Waals surface area contributed by atoms with Crippen molar-refractivity contribution >= 4 is 37.3 Å². The molecule has 3 N–H and O–H groups in total. The summed E-state index contributed by atoms with van der Waals surface area (Å²) in [6.45, 7) is 0.0740. The van der Waals surface area contributed by atoms with E-state index in [1.54, 1.807) is 30.3 Å². The molecule has 10 nitrogen and oxygen atoms in total. The largest absolute Gasteiger partial charge is 0.497 e. The van der Waals surface area contributed by atoms with Gasteiger partial charge < -0.3 is 18.4 Å². The van der Waals surface area contributed by atoms with E-state index in [9.17, 15) is 16.8 Å². The van der Waals surface area contributed by atoms with E-state index in [1.165, 1.54) is 31.4 Å². The highest BCUT2D eigenvalue weighted by atomic mass is 32.3. The molecule has 0 atom stereocenters. The molecule has 0 fully saturated rings. The topological polar surface area (TPSA) is 148 Å². The van der Waals surface area contributed by atoms with Crippen LogP contribution in [0.25, 0.3) is 10.8 Å². The molecule has 0 aromatic heterocycles. The van der Waals surface area contributed by atoms with Gasteiger partial charge in [0.2, 0.25) is 0 Å². The summed E-state index contributed by atoms with van der Waals surface area (Å²) in [5.41, 5.74) is 0.934. The lowest BCUT2D eigenvalue weighted by Gasteiger charge is -2.14. The standard InChI is InChI=1S/C18H17NO9S2/c1-26-13-8-9-17(27-29(20,21)22)12(10-13)11-19-16-6-2-5-15-14(16)4-3-7-18(15)28-30(23,24)25/h2-10,19H,11H2,1H3,(H,20,21,22)(H,23,24,25). The first kappa shape index (κ1) is 21.6. The highest BCUT2D eigenvalue weighted by molar-refractivity contribution is 7.81. The number of benzene rings is 3. The molecule has 0 spiro atoms. The van der Waals surface area contributed by atoms with Crippen LogP contribution in [-0.4, -0.2) is 33.1 Å². The summed E-state index contributed by atoms with van der Waals surface area (Å²) in [6.07, 6.45) is 0. The summed E-state index contributed by atoms with van der Waals surface area (Å²) >= 11 is 0. The van der Waals surface area contributed by atoms with Gasteiger partial charge in [0.25, 0.3) is 0 Å². The average Bonchev–Trinajstić information content (AvgIpc) is 2.65. The maximum atomic E-state index is 11.1. The minimum Gasteiger partial charge on any atom is -0.497 e. The fourth-order valence-corrected chi connectivity index (χ4v) is 3.59. The van der Waals surface area contributed by atoms with Crippen LogP contribution in [0.4, 0.5) is 5.69 Å². The van der Waals surface area contributed by atoms with E-state index in [4.69, 9.17) is 13.8 Å². The Morgan fingerprint density at radius 1 is 0.833 bits per heavy atom. The Bertz CT molecular complexity index is 1290. The zero-order valence-corrected chi connectivity index (χ0v) is 17.1. The van der Waals surface area contributed by atoms with E-state index in [0.29, 0.717) is 27.8 Å². The average molecular weight is 455 g/mol. The predicted molar refractivity (Wildman–Crippen MR) is 109 cm³/mol. The lowest BCUT2D eigenvalue weighted by Crippen LogP contribution is -2.10. The Morgan fingerprint density at radius 2 is 1.47 bits per heavy atom. The fraction of sp³-hybridized carbons (Fsp3) is 0.111. The van der Waals surface area contributed by atoms with Crippen molar-refractivity contribution in [1.82, 2.24) is 0 Å². The molecule has 0 aliphatic rings. The molecular formula is C18H17NO9S2. The molecule has 0 radical (unpaired) electrons. The van der Waals surface area contributed by atoms with Crippen molar-refractivity contribution in [2.45, 2.75) is 6.54 Å². The van der Waals surface area contributed by atoms with E-state index < -0.39 is 20.8 Å². The van der Waals surface area contributed by atoms with Gasteiger partial charge in [-0.3, -0.25) is 9.11 Å². The van der Waals surface area contributed by atoms with Crippen molar-refractivity contribution in [2.24, 2.45) is 0 Å². The van der Waals surface area contributed by atoms with Gasteiger partial charge in [0, 0.05) is 28.6 Å². The maximum Gasteiger partial charge on any atom is 0.446 e. The summed E-state index contributed by atoms with van der Waals surface area (Å²) in [5.74, 6) is 0.285. The van der Waals surface area contributed by atoms with Gasteiger partial charge in [0.1, 0.15) is 11.5 Å². The number of methoxy groups -OCH3 is 1. The Labute approximate surface area is 172 Å². The number of nitrogens with one attached hydrogen (secondary N) is 1. The number of fused-ring (bicyclic) bond motifs is 1. The molecule has 3 aromatic carbocycles. The number of hydrogen-bond acceptors (Lipinski definition) is 8. The zero-order chi connectivity index (χ0) is 21.9. The Kier molecular flexibility index (Phi) is 6.03. The molecule has 0 amide bonds. The van der Waals surface area contributed by atoms with Crippen LogP contribution in [0.2, 0.25) is 0 Å². The van der Waals surface area contributed by atoms with Crippen molar-refractivity contribution in [1.29, 1.82) is 0 Å². The molecule has 0 heterocycles.